The molecular weight excluding hydrogens is 192 g/mol. The highest BCUT2D eigenvalue weighted by Gasteiger charge is 2.11. The van der Waals surface area contributed by atoms with Crippen molar-refractivity contribution >= 4 is 11.5 Å². The van der Waals surface area contributed by atoms with Gasteiger partial charge in [0.1, 0.15) is 6.33 Å². The van der Waals surface area contributed by atoms with Crippen LogP contribution in [-0.4, -0.2) is 27.7 Å². The third-order valence-electron chi connectivity index (χ3n) is 2.06. The SMILES string of the molecule is CC(C)CC(CO)Nc1ncncc1N. The van der Waals surface area contributed by atoms with Crippen LogP contribution in [0.25, 0.3) is 0 Å². The molecule has 84 valence electrons. The van der Waals surface area contributed by atoms with Crippen molar-refractivity contribution in [2.75, 3.05) is 17.7 Å². The van der Waals surface area contributed by atoms with Gasteiger partial charge in [-0.1, -0.05) is 13.8 Å². The first-order chi connectivity index (χ1) is 7.13. The number of hydrogen-bond donors (Lipinski definition) is 3. The smallest absolute Gasteiger partial charge is 0.152 e. The number of aliphatic hydroxyl groups is 1. The molecule has 0 radical (unpaired) electrons. The Balaban J connectivity index is 2.62. The Labute approximate surface area is 89.7 Å². The van der Waals surface area contributed by atoms with Crippen LogP contribution < -0.4 is 11.1 Å². The number of hydrogen-bond acceptors (Lipinski definition) is 5. The quantitative estimate of drug-likeness (QED) is 0.671. The van der Waals surface area contributed by atoms with Crippen LogP contribution >= 0.6 is 0 Å². The van der Waals surface area contributed by atoms with E-state index in [0.717, 1.165) is 6.42 Å². The van der Waals surface area contributed by atoms with E-state index >= 15 is 0 Å². The molecule has 0 aliphatic heterocycles. The molecule has 0 amide bonds. The minimum atomic E-state index is -0.0119. The summed E-state index contributed by atoms with van der Waals surface area (Å²) in [6.07, 6.45) is 3.85. The highest BCUT2D eigenvalue weighted by atomic mass is 16.3. The Hall–Kier alpha value is -1.36. The molecule has 1 heterocycles. The van der Waals surface area contributed by atoms with Crippen LogP contribution in [0.15, 0.2) is 12.5 Å². The van der Waals surface area contributed by atoms with Gasteiger partial charge in [-0.05, 0) is 12.3 Å². The number of nitrogen functional groups attached to an aromatic ring is 1. The Morgan fingerprint density at radius 3 is 2.80 bits per heavy atom. The molecule has 5 nitrogen and oxygen atoms in total. The van der Waals surface area contributed by atoms with Gasteiger partial charge in [0, 0.05) is 0 Å². The van der Waals surface area contributed by atoms with E-state index in [1.165, 1.54) is 6.33 Å². The molecule has 1 aromatic rings. The van der Waals surface area contributed by atoms with Gasteiger partial charge in [-0.25, -0.2) is 9.97 Å². The van der Waals surface area contributed by atoms with Crippen molar-refractivity contribution in [1.82, 2.24) is 9.97 Å². The molecular formula is C10H18N4O. The molecule has 1 rings (SSSR count). The zero-order chi connectivity index (χ0) is 11.3. The molecule has 0 fully saturated rings. The van der Waals surface area contributed by atoms with Crippen LogP contribution in [0.1, 0.15) is 20.3 Å². The van der Waals surface area contributed by atoms with E-state index in [1.807, 2.05) is 0 Å². The third kappa shape index (κ3) is 3.71. The summed E-state index contributed by atoms with van der Waals surface area (Å²) in [6.45, 7) is 4.28. The molecule has 0 aliphatic rings. The van der Waals surface area contributed by atoms with Gasteiger partial charge in [-0.15, -0.1) is 0 Å². The van der Waals surface area contributed by atoms with Crippen molar-refractivity contribution in [3.63, 3.8) is 0 Å². The Morgan fingerprint density at radius 2 is 2.27 bits per heavy atom. The van der Waals surface area contributed by atoms with E-state index in [-0.39, 0.29) is 12.6 Å². The summed E-state index contributed by atoms with van der Waals surface area (Å²) in [5.41, 5.74) is 6.18. The molecule has 1 aromatic heterocycles. The summed E-state index contributed by atoms with van der Waals surface area (Å²) in [5, 5.41) is 12.3. The molecule has 1 atom stereocenters. The van der Waals surface area contributed by atoms with E-state index in [9.17, 15) is 5.11 Å². The molecule has 0 saturated carbocycles. The summed E-state index contributed by atoms with van der Waals surface area (Å²) >= 11 is 0. The van der Waals surface area contributed by atoms with Crippen LogP contribution in [-0.2, 0) is 0 Å². The number of aliphatic hydroxyl groups excluding tert-OH is 1. The lowest BCUT2D eigenvalue weighted by atomic mass is 10.0. The van der Waals surface area contributed by atoms with E-state index in [4.69, 9.17) is 5.73 Å². The molecule has 0 aliphatic carbocycles. The van der Waals surface area contributed by atoms with Crippen LogP contribution in [0.4, 0.5) is 11.5 Å². The number of aromatic nitrogens is 2. The summed E-state index contributed by atoms with van der Waals surface area (Å²) in [6, 6.07) is -0.0119. The van der Waals surface area contributed by atoms with Gasteiger partial charge in [0.05, 0.1) is 24.5 Å². The van der Waals surface area contributed by atoms with E-state index in [0.29, 0.717) is 17.4 Å². The van der Waals surface area contributed by atoms with Gasteiger partial charge < -0.3 is 16.2 Å². The Bertz CT molecular complexity index is 303. The summed E-state index contributed by atoms with van der Waals surface area (Å²) < 4.78 is 0. The number of nitrogens with zero attached hydrogens (tertiary/aromatic N) is 2. The second-order valence-electron chi connectivity index (χ2n) is 3.98. The zero-order valence-electron chi connectivity index (χ0n) is 9.14. The maximum absolute atomic E-state index is 9.18. The van der Waals surface area contributed by atoms with Gasteiger partial charge in [-0.2, -0.15) is 0 Å². The van der Waals surface area contributed by atoms with E-state index < -0.39 is 0 Å². The molecule has 4 N–H and O–H groups in total. The lowest BCUT2D eigenvalue weighted by Crippen LogP contribution is -2.26. The molecule has 1 unspecified atom stereocenters. The molecule has 0 saturated heterocycles. The topological polar surface area (TPSA) is 84.1 Å². The zero-order valence-corrected chi connectivity index (χ0v) is 9.14. The normalized spacial score (nSPS) is 12.8. The summed E-state index contributed by atoms with van der Waals surface area (Å²) in [7, 11) is 0. The highest BCUT2D eigenvalue weighted by molar-refractivity contribution is 5.59. The van der Waals surface area contributed by atoms with Gasteiger partial charge in [0.2, 0.25) is 0 Å². The fraction of sp³-hybridized carbons (Fsp3) is 0.600. The monoisotopic (exact) mass is 210 g/mol. The fourth-order valence-corrected chi connectivity index (χ4v) is 1.40. The van der Waals surface area contributed by atoms with Crippen LogP contribution in [0.5, 0.6) is 0 Å². The minimum Gasteiger partial charge on any atom is -0.394 e. The first-order valence-electron chi connectivity index (χ1n) is 5.06. The third-order valence-corrected chi connectivity index (χ3v) is 2.06. The molecule has 15 heavy (non-hydrogen) atoms. The van der Waals surface area contributed by atoms with Crippen molar-refractivity contribution in [3.05, 3.63) is 12.5 Å². The van der Waals surface area contributed by atoms with E-state index in [1.54, 1.807) is 6.20 Å². The standard InChI is InChI=1S/C10H18N4O/c1-7(2)3-8(5-15)14-10-9(11)4-12-6-13-10/h4,6-8,15H,3,5,11H2,1-2H3,(H,12,13,14). The van der Waals surface area contributed by atoms with Crippen molar-refractivity contribution in [2.24, 2.45) is 5.92 Å². The lowest BCUT2D eigenvalue weighted by molar-refractivity contribution is 0.259. The maximum Gasteiger partial charge on any atom is 0.152 e. The molecule has 0 bridgehead atoms. The predicted octanol–water partition coefficient (Wildman–Crippen LogP) is 0.878. The molecule has 0 aromatic carbocycles. The molecule has 0 spiro atoms. The van der Waals surface area contributed by atoms with E-state index in [2.05, 4.69) is 29.1 Å². The van der Waals surface area contributed by atoms with Crippen LogP contribution in [0.3, 0.4) is 0 Å². The van der Waals surface area contributed by atoms with Gasteiger partial charge in [0.25, 0.3) is 0 Å². The van der Waals surface area contributed by atoms with Gasteiger partial charge >= 0.3 is 0 Å². The van der Waals surface area contributed by atoms with Gasteiger partial charge in [-0.3, -0.25) is 0 Å². The Morgan fingerprint density at radius 1 is 1.53 bits per heavy atom. The average Bonchev–Trinajstić information content (AvgIpc) is 2.19. The number of rotatable bonds is 5. The average molecular weight is 210 g/mol. The summed E-state index contributed by atoms with van der Waals surface area (Å²) in [4.78, 5) is 7.82. The number of nitrogens with two attached hydrogens (primary N) is 1. The molecule has 5 heteroatoms. The van der Waals surface area contributed by atoms with Crippen molar-refractivity contribution < 1.29 is 5.11 Å². The number of nitrogens with one attached hydrogen (secondary N) is 1. The highest BCUT2D eigenvalue weighted by Crippen LogP contribution is 2.15. The number of anilines is 2. The van der Waals surface area contributed by atoms with Crippen molar-refractivity contribution in [1.29, 1.82) is 0 Å². The van der Waals surface area contributed by atoms with Gasteiger partial charge in [0.15, 0.2) is 5.82 Å². The second-order valence-corrected chi connectivity index (χ2v) is 3.98. The maximum atomic E-state index is 9.18. The largest absolute Gasteiger partial charge is 0.394 e. The first-order valence-corrected chi connectivity index (χ1v) is 5.06. The van der Waals surface area contributed by atoms with Crippen LogP contribution in [0.2, 0.25) is 0 Å². The first kappa shape index (κ1) is 11.7. The van der Waals surface area contributed by atoms with Crippen molar-refractivity contribution in [3.8, 4) is 0 Å². The Kier molecular flexibility index (Phi) is 4.30. The summed E-state index contributed by atoms with van der Waals surface area (Å²) in [5.74, 6) is 1.10. The fourth-order valence-electron chi connectivity index (χ4n) is 1.40. The minimum absolute atomic E-state index is 0.0119. The van der Waals surface area contributed by atoms with Crippen molar-refractivity contribution in [2.45, 2.75) is 26.3 Å². The lowest BCUT2D eigenvalue weighted by Gasteiger charge is -2.19. The van der Waals surface area contributed by atoms with Crippen LogP contribution in [0, 0.1) is 5.92 Å². The second kappa shape index (κ2) is 5.50. The predicted molar refractivity (Wildman–Crippen MR) is 60.4 cm³/mol.